The van der Waals surface area contributed by atoms with E-state index in [-0.39, 0.29) is 11.1 Å². The van der Waals surface area contributed by atoms with Gasteiger partial charge >= 0.3 is 0 Å². The van der Waals surface area contributed by atoms with Gasteiger partial charge in [-0.25, -0.2) is 14.4 Å². The van der Waals surface area contributed by atoms with Crippen LogP contribution < -0.4 is 14.8 Å². The Kier molecular flexibility index (Phi) is 7.91. The van der Waals surface area contributed by atoms with E-state index in [9.17, 15) is 9.50 Å². The van der Waals surface area contributed by atoms with E-state index in [1.54, 1.807) is 19.2 Å². The summed E-state index contributed by atoms with van der Waals surface area (Å²) in [6.45, 7) is 6.79. The highest BCUT2D eigenvalue weighted by atomic mass is 35.5. The summed E-state index contributed by atoms with van der Waals surface area (Å²) in [5.41, 5.74) is 0.420. The van der Waals surface area contributed by atoms with Crippen molar-refractivity contribution < 1.29 is 23.7 Å². The molecule has 2 N–H and O–H groups in total. The summed E-state index contributed by atoms with van der Waals surface area (Å²) < 4.78 is 30.7. The van der Waals surface area contributed by atoms with Gasteiger partial charge in [0.25, 0.3) is 0 Å². The molecule has 10 heteroatoms. The van der Waals surface area contributed by atoms with E-state index >= 15 is 0 Å². The molecule has 1 saturated heterocycles. The third kappa shape index (κ3) is 6.10. The molecule has 4 rings (SSSR count). The van der Waals surface area contributed by atoms with Gasteiger partial charge in [0.05, 0.1) is 49.1 Å². The van der Waals surface area contributed by atoms with Crippen LogP contribution in [0.1, 0.15) is 20.3 Å². The molecule has 0 bridgehead atoms. The van der Waals surface area contributed by atoms with E-state index in [4.69, 9.17) is 25.8 Å². The molecule has 2 heterocycles. The van der Waals surface area contributed by atoms with Gasteiger partial charge in [0.1, 0.15) is 18.0 Å². The van der Waals surface area contributed by atoms with Crippen LogP contribution in [0, 0.1) is 5.82 Å². The molecule has 0 spiro atoms. The molecule has 1 atom stereocenters. The number of rotatable bonds is 9. The summed E-state index contributed by atoms with van der Waals surface area (Å²) in [7, 11) is 1.58. The third-order valence-electron chi connectivity index (χ3n) is 6.01. The number of anilines is 2. The minimum Gasteiger partial charge on any atom is -0.493 e. The highest BCUT2D eigenvalue weighted by Crippen LogP contribution is 2.35. The number of benzene rings is 2. The Balaban J connectivity index is 1.48. The first-order chi connectivity index (χ1) is 16.8. The minimum absolute atomic E-state index is 0.0196. The SMILES string of the molecule is COc1cc2ncnc(Nc3ccc(F)c(Cl)c3)c2cc1OCCCN1CCOC[C@@H]1C(C)(C)O. The maximum Gasteiger partial charge on any atom is 0.162 e. The van der Waals surface area contributed by atoms with E-state index < -0.39 is 11.4 Å². The van der Waals surface area contributed by atoms with Gasteiger partial charge in [-0.05, 0) is 44.5 Å². The predicted octanol–water partition coefficient (Wildman–Crippen LogP) is 4.42. The van der Waals surface area contributed by atoms with Gasteiger partial charge in [-0.1, -0.05) is 11.6 Å². The number of aliphatic hydroxyl groups is 1. The lowest BCUT2D eigenvalue weighted by molar-refractivity contribution is -0.0957. The number of methoxy groups -OCH3 is 1. The summed E-state index contributed by atoms with van der Waals surface area (Å²) in [5, 5.41) is 14.4. The predicted molar refractivity (Wildman–Crippen MR) is 133 cm³/mol. The fraction of sp³-hybridized carbons (Fsp3) is 0.440. The van der Waals surface area contributed by atoms with Gasteiger partial charge in [0, 0.05) is 30.2 Å². The monoisotopic (exact) mass is 504 g/mol. The summed E-state index contributed by atoms with van der Waals surface area (Å²) in [4.78, 5) is 10.9. The molecule has 1 aliphatic heterocycles. The molecular weight excluding hydrogens is 475 g/mol. The van der Waals surface area contributed by atoms with Crippen molar-refractivity contribution >= 4 is 34.0 Å². The molecule has 0 unspecified atom stereocenters. The first-order valence-corrected chi connectivity index (χ1v) is 11.9. The zero-order valence-electron chi connectivity index (χ0n) is 20.1. The standard InChI is InChI=1S/C25H30ClFN4O4/c1-25(2,32)23-14-34-10-8-31(23)7-4-9-35-22-12-17-20(13-21(22)33-3)28-15-29-24(17)30-16-5-6-19(27)18(26)11-16/h5-6,11-13,15,23,32H,4,7-10,14H2,1-3H3,(H,28,29,30)/t23-/m1/s1. The van der Waals surface area contributed by atoms with Crippen LogP contribution >= 0.6 is 11.6 Å². The van der Waals surface area contributed by atoms with Gasteiger partial charge in [0.15, 0.2) is 11.5 Å². The van der Waals surface area contributed by atoms with E-state index in [0.717, 1.165) is 24.9 Å². The molecule has 1 fully saturated rings. The van der Waals surface area contributed by atoms with Crippen LogP contribution in [0.3, 0.4) is 0 Å². The lowest BCUT2D eigenvalue weighted by atomic mass is 9.97. The van der Waals surface area contributed by atoms with Crippen molar-refractivity contribution in [2.24, 2.45) is 0 Å². The molecule has 0 amide bonds. The van der Waals surface area contributed by atoms with Gasteiger partial charge in [-0.15, -0.1) is 0 Å². The molecule has 3 aromatic rings. The molecular formula is C25H30ClFN4O4. The molecule has 0 aliphatic carbocycles. The van der Waals surface area contributed by atoms with E-state index in [1.165, 1.54) is 18.5 Å². The Hall–Kier alpha value is -2.72. The Bertz CT molecular complexity index is 1170. The van der Waals surface area contributed by atoms with Gasteiger partial charge in [-0.3, -0.25) is 4.90 Å². The van der Waals surface area contributed by atoms with Gasteiger partial charge in [0.2, 0.25) is 0 Å². The summed E-state index contributed by atoms with van der Waals surface area (Å²) in [6, 6.07) is 7.94. The molecule has 0 saturated carbocycles. The Morgan fingerprint density at radius 3 is 2.83 bits per heavy atom. The summed E-state index contributed by atoms with van der Waals surface area (Å²) in [6.07, 6.45) is 2.20. The second-order valence-electron chi connectivity index (χ2n) is 8.98. The zero-order valence-corrected chi connectivity index (χ0v) is 20.8. The Morgan fingerprint density at radius 2 is 2.09 bits per heavy atom. The van der Waals surface area contributed by atoms with E-state index in [2.05, 4.69) is 20.2 Å². The van der Waals surface area contributed by atoms with Crippen molar-refractivity contribution in [1.82, 2.24) is 14.9 Å². The van der Waals surface area contributed by atoms with E-state index in [1.807, 2.05) is 19.9 Å². The van der Waals surface area contributed by atoms with Crippen LogP contribution in [0.4, 0.5) is 15.9 Å². The van der Waals surface area contributed by atoms with Crippen LogP contribution in [-0.2, 0) is 4.74 Å². The smallest absolute Gasteiger partial charge is 0.162 e. The normalized spacial score (nSPS) is 16.9. The fourth-order valence-electron chi connectivity index (χ4n) is 4.15. The van der Waals surface area contributed by atoms with Crippen LogP contribution in [0.25, 0.3) is 10.9 Å². The Labute approximate surface area is 209 Å². The number of nitrogens with one attached hydrogen (secondary N) is 1. The summed E-state index contributed by atoms with van der Waals surface area (Å²) >= 11 is 5.92. The second kappa shape index (κ2) is 10.9. The van der Waals surface area contributed by atoms with Gasteiger partial charge < -0.3 is 24.6 Å². The number of hydrogen-bond donors (Lipinski definition) is 2. The first kappa shape index (κ1) is 25.4. The highest BCUT2D eigenvalue weighted by molar-refractivity contribution is 6.31. The number of hydrogen-bond acceptors (Lipinski definition) is 8. The molecule has 0 radical (unpaired) electrons. The van der Waals surface area contributed by atoms with Crippen LogP contribution in [0.5, 0.6) is 11.5 Å². The number of morpholine rings is 1. The van der Waals surface area contributed by atoms with Crippen molar-refractivity contribution in [3.05, 3.63) is 47.5 Å². The topological polar surface area (TPSA) is 89.0 Å². The van der Waals surface area contributed by atoms with Crippen molar-refractivity contribution in [3.8, 4) is 11.5 Å². The number of fused-ring (bicyclic) bond motifs is 1. The average molecular weight is 505 g/mol. The average Bonchev–Trinajstić information content (AvgIpc) is 2.83. The van der Waals surface area contributed by atoms with Crippen LogP contribution in [0.15, 0.2) is 36.7 Å². The lowest BCUT2D eigenvalue weighted by Gasteiger charge is -2.42. The molecule has 35 heavy (non-hydrogen) atoms. The van der Waals surface area contributed by atoms with E-state index in [0.29, 0.717) is 48.3 Å². The second-order valence-corrected chi connectivity index (χ2v) is 9.39. The van der Waals surface area contributed by atoms with Crippen LogP contribution in [-0.4, -0.2) is 71.6 Å². The quantitative estimate of drug-likeness (QED) is 0.414. The maximum atomic E-state index is 13.5. The zero-order chi connectivity index (χ0) is 25.0. The fourth-order valence-corrected chi connectivity index (χ4v) is 4.33. The largest absolute Gasteiger partial charge is 0.493 e. The van der Waals surface area contributed by atoms with Gasteiger partial charge in [-0.2, -0.15) is 0 Å². The van der Waals surface area contributed by atoms with Crippen molar-refractivity contribution in [2.75, 3.05) is 45.3 Å². The number of nitrogens with zero attached hydrogens (tertiary/aromatic N) is 3. The van der Waals surface area contributed by atoms with Crippen LogP contribution in [0.2, 0.25) is 5.02 Å². The molecule has 1 aliphatic rings. The van der Waals surface area contributed by atoms with Crippen molar-refractivity contribution in [2.45, 2.75) is 31.9 Å². The molecule has 2 aromatic carbocycles. The first-order valence-electron chi connectivity index (χ1n) is 11.5. The van der Waals surface area contributed by atoms with Crippen molar-refractivity contribution in [1.29, 1.82) is 0 Å². The minimum atomic E-state index is -0.846. The lowest BCUT2D eigenvalue weighted by Crippen LogP contribution is -2.56. The summed E-state index contributed by atoms with van der Waals surface area (Å²) in [5.74, 6) is 1.17. The number of aromatic nitrogens is 2. The Morgan fingerprint density at radius 1 is 1.26 bits per heavy atom. The number of ether oxygens (including phenoxy) is 3. The maximum absolute atomic E-state index is 13.5. The number of halogens is 2. The van der Waals surface area contributed by atoms with Crippen molar-refractivity contribution in [3.63, 3.8) is 0 Å². The molecule has 188 valence electrons. The molecule has 8 nitrogen and oxygen atoms in total. The highest BCUT2D eigenvalue weighted by Gasteiger charge is 2.34. The molecule has 1 aromatic heterocycles. The third-order valence-corrected chi connectivity index (χ3v) is 6.29.